The number of benzene rings is 2. The highest BCUT2D eigenvalue weighted by molar-refractivity contribution is 14.1. The standard InChI is InChI=1S/C21H20Cl2IN5O2S/c1-3-29-19(12(2)25-20(31)13-4-9-16(22)17(23)10-13)27-28-21(29)32-11-18(30)26-15-7-5-14(24)6-8-15/h4-10,12H,3,11H2,1-2H3,(H,25,31)(H,26,30)/t12-/m1/s1. The summed E-state index contributed by atoms with van der Waals surface area (Å²) < 4.78 is 2.97. The Morgan fingerprint density at radius 1 is 1.12 bits per heavy atom. The van der Waals surface area contributed by atoms with Crippen LogP contribution in [-0.2, 0) is 11.3 Å². The van der Waals surface area contributed by atoms with E-state index in [1.54, 1.807) is 12.1 Å². The van der Waals surface area contributed by atoms with Gasteiger partial charge >= 0.3 is 0 Å². The number of hydrogen-bond acceptors (Lipinski definition) is 5. The van der Waals surface area contributed by atoms with Gasteiger partial charge in [-0.1, -0.05) is 35.0 Å². The van der Waals surface area contributed by atoms with Gasteiger partial charge in [-0.3, -0.25) is 9.59 Å². The number of amides is 2. The van der Waals surface area contributed by atoms with Crippen molar-refractivity contribution in [1.82, 2.24) is 20.1 Å². The molecule has 0 aliphatic heterocycles. The van der Waals surface area contributed by atoms with Crippen LogP contribution in [0.15, 0.2) is 47.6 Å². The molecule has 1 aromatic heterocycles. The summed E-state index contributed by atoms with van der Waals surface area (Å²) in [5.41, 5.74) is 1.14. The van der Waals surface area contributed by atoms with Gasteiger partial charge in [-0.2, -0.15) is 0 Å². The second-order valence-corrected chi connectivity index (χ2v) is 9.76. The van der Waals surface area contributed by atoms with Gasteiger partial charge in [-0.05, 0) is 78.9 Å². The number of hydrogen-bond donors (Lipinski definition) is 2. The lowest BCUT2D eigenvalue weighted by atomic mass is 10.2. The summed E-state index contributed by atoms with van der Waals surface area (Å²) >= 11 is 15.4. The summed E-state index contributed by atoms with van der Waals surface area (Å²) in [6.07, 6.45) is 0. The highest BCUT2D eigenvalue weighted by Crippen LogP contribution is 2.24. The lowest BCUT2D eigenvalue weighted by Gasteiger charge is -2.15. The fourth-order valence-corrected chi connectivity index (χ4v) is 4.33. The molecule has 1 atom stereocenters. The van der Waals surface area contributed by atoms with E-state index in [9.17, 15) is 9.59 Å². The average molecular weight is 604 g/mol. The van der Waals surface area contributed by atoms with E-state index in [0.717, 1.165) is 9.26 Å². The molecule has 0 fully saturated rings. The zero-order valence-corrected chi connectivity index (χ0v) is 21.7. The Morgan fingerprint density at radius 2 is 1.84 bits per heavy atom. The van der Waals surface area contributed by atoms with Crippen LogP contribution in [0.3, 0.4) is 0 Å². The Morgan fingerprint density at radius 3 is 2.50 bits per heavy atom. The van der Waals surface area contributed by atoms with E-state index in [0.29, 0.717) is 33.1 Å². The van der Waals surface area contributed by atoms with E-state index < -0.39 is 6.04 Å². The van der Waals surface area contributed by atoms with Crippen LogP contribution in [0.2, 0.25) is 10.0 Å². The quantitative estimate of drug-likeness (QED) is 0.265. The molecule has 0 aliphatic rings. The molecule has 0 bridgehead atoms. The Bertz CT molecular complexity index is 1120. The third kappa shape index (κ3) is 6.37. The van der Waals surface area contributed by atoms with Crippen LogP contribution in [0.5, 0.6) is 0 Å². The number of halogens is 3. The zero-order chi connectivity index (χ0) is 23.3. The van der Waals surface area contributed by atoms with Crippen LogP contribution in [0.1, 0.15) is 36.1 Å². The van der Waals surface area contributed by atoms with E-state index in [1.807, 2.05) is 42.7 Å². The van der Waals surface area contributed by atoms with Crippen molar-refractivity contribution in [3.05, 3.63) is 67.5 Å². The molecular formula is C21H20Cl2IN5O2S. The summed E-state index contributed by atoms with van der Waals surface area (Å²) in [4.78, 5) is 24.9. The highest BCUT2D eigenvalue weighted by atomic mass is 127. The fraction of sp³-hybridized carbons (Fsp3) is 0.238. The van der Waals surface area contributed by atoms with Gasteiger partial charge in [0.1, 0.15) is 0 Å². The molecule has 1 heterocycles. The normalized spacial score (nSPS) is 11.8. The van der Waals surface area contributed by atoms with Gasteiger partial charge in [0.2, 0.25) is 5.91 Å². The number of anilines is 1. The van der Waals surface area contributed by atoms with E-state index in [2.05, 4.69) is 43.4 Å². The van der Waals surface area contributed by atoms with E-state index >= 15 is 0 Å². The molecule has 3 aromatic rings. The monoisotopic (exact) mass is 603 g/mol. The molecule has 2 N–H and O–H groups in total. The van der Waals surface area contributed by atoms with Gasteiger partial charge in [0, 0.05) is 21.4 Å². The van der Waals surface area contributed by atoms with Crippen LogP contribution in [0.4, 0.5) is 5.69 Å². The van der Waals surface area contributed by atoms with Gasteiger partial charge in [0.15, 0.2) is 11.0 Å². The summed E-state index contributed by atoms with van der Waals surface area (Å²) in [6.45, 7) is 4.37. The van der Waals surface area contributed by atoms with Crippen LogP contribution in [0.25, 0.3) is 0 Å². The molecule has 11 heteroatoms. The van der Waals surface area contributed by atoms with E-state index in [-0.39, 0.29) is 17.6 Å². The molecule has 0 saturated carbocycles. The second-order valence-electron chi connectivity index (χ2n) is 6.75. The highest BCUT2D eigenvalue weighted by Gasteiger charge is 2.20. The number of thioether (sulfide) groups is 1. The van der Waals surface area contributed by atoms with Gasteiger partial charge in [-0.15, -0.1) is 10.2 Å². The Labute approximate surface area is 213 Å². The number of carbonyl (C=O) groups excluding carboxylic acids is 2. The molecule has 2 aromatic carbocycles. The molecule has 0 spiro atoms. The number of nitrogens with zero attached hydrogens (tertiary/aromatic N) is 3. The Hall–Kier alpha value is -1.82. The van der Waals surface area contributed by atoms with Crippen molar-refractivity contribution in [2.45, 2.75) is 31.6 Å². The fourth-order valence-electron chi connectivity index (χ4n) is 2.87. The first-order valence-electron chi connectivity index (χ1n) is 9.65. The Balaban J connectivity index is 1.62. The number of rotatable bonds is 8. The Kier molecular flexibility index (Phi) is 8.80. The molecule has 168 valence electrons. The largest absolute Gasteiger partial charge is 0.342 e. The molecular weight excluding hydrogens is 584 g/mol. The zero-order valence-electron chi connectivity index (χ0n) is 17.2. The lowest BCUT2D eigenvalue weighted by Crippen LogP contribution is -2.28. The molecule has 0 unspecified atom stereocenters. The van der Waals surface area contributed by atoms with Crippen molar-refractivity contribution >= 4 is 75.1 Å². The molecule has 3 rings (SSSR count). The summed E-state index contributed by atoms with van der Waals surface area (Å²) in [5, 5.41) is 15.5. The predicted octanol–water partition coefficient (Wildman–Crippen LogP) is 5.43. The third-order valence-electron chi connectivity index (χ3n) is 4.44. The van der Waals surface area contributed by atoms with Gasteiger partial charge in [0.05, 0.1) is 21.8 Å². The maximum atomic E-state index is 12.6. The van der Waals surface area contributed by atoms with Crippen molar-refractivity contribution in [3.8, 4) is 0 Å². The first-order chi connectivity index (χ1) is 15.3. The number of aromatic nitrogens is 3. The summed E-state index contributed by atoms with van der Waals surface area (Å²) in [5.74, 6) is 0.354. The number of nitrogens with one attached hydrogen (secondary N) is 2. The van der Waals surface area contributed by atoms with E-state index in [1.165, 1.54) is 17.8 Å². The third-order valence-corrected chi connectivity index (χ3v) is 6.86. The van der Waals surface area contributed by atoms with Crippen molar-refractivity contribution in [3.63, 3.8) is 0 Å². The van der Waals surface area contributed by atoms with Crippen molar-refractivity contribution in [1.29, 1.82) is 0 Å². The van der Waals surface area contributed by atoms with Gasteiger partial charge < -0.3 is 15.2 Å². The molecule has 7 nitrogen and oxygen atoms in total. The van der Waals surface area contributed by atoms with Gasteiger partial charge in [0.25, 0.3) is 5.91 Å². The maximum absolute atomic E-state index is 12.6. The summed E-state index contributed by atoms with van der Waals surface area (Å²) in [6, 6.07) is 11.9. The summed E-state index contributed by atoms with van der Waals surface area (Å²) in [7, 11) is 0. The minimum Gasteiger partial charge on any atom is -0.342 e. The SMILES string of the molecule is CCn1c(SCC(=O)Nc2ccc(I)cc2)nnc1[C@@H](C)NC(=O)c1ccc(Cl)c(Cl)c1. The minimum atomic E-state index is -0.403. The van der Waals surface area contributed by atoms with Crippen molar-refractivity contribution in [2.75, 3.05) is 11.1 Å². The number of carbonyl (C=O) groups is 2. The maximum Gasteiger partial charge on any atom is 0.251 e. The van der Waals surface area contributed by atoms with E-state index in [4.69, 9.17) is 23.2 Å². The first-order valence-corrected chi connectivity index (χ1v) is 12.5. The van der Waals surface area contributed by atoms with Crippen molar-refractivity contribution < 1.29 is 9.59 Å². The van der Waals surface area contributed by atoms with Gasteiger partial charge in [-0.25, -0.2) is 0 Å². The van der Waals surface area contributed by atoms with Crippen molar-refractivity contribution in [2.24, 2.45) is 0 Å². The topological polar surface area (TPSA) is 88.9 Å². The van der Waals surface area contributed by atoms with Crippen LogP contribution in [-0.4, -0.2) is 32.3 Å². The smallest absolute Gasteiger partial charge is 0.251 e. The van der Waals surface area contributed by atoms with Crippen LogP contribution in [0, 0.1) is 3.57 Å². The minimum absolute atomic E-state index is 0.135. The second kappa shape index (κ2) is 11.4. The molecule has 0 radical (unpaired) electrons. The average Bonchev–Trinajstić information content (AvgIpc) is 3.19. The molecule has 0 saturated heterocycles. The molecule has 2 amide bonds. The predicted molar refractivity (Wildman–Crippen MR) is 137 cm³/mol. The molecule has 0 aliphatic carbocycles. The molecule has 32 heavy (non-hydrogen) atoms. The van der Waals surface area contributed by atoms with Crippen LogP contribution < -0.4 is 10.6 Å². The van der Waals surface area contributed by atoms with Crippen LogP contribution >= 0.6 is 57.6 Å². The first kappa shape index (κ1) is 24.8. The lowest BCUT2D eigenvalue weighted by molar-refractivity contribution is -0.113.